The van der Waals surface area contributed by atoms with Gasteiger partial charge in [0.05, 0.1) is 16.5 Å². The van der Waals surface area contributed by atoms with Crippen molar-refractivity contribution in [1.29, 1.82) is 0 Å². The normalized spacial score (nSPS) is 12.0. The number of rotatable bonds is 5. The molecule has 2 aromatic carbocycles. The fourth-order valence-electron chi connectivity index (χ4n) is 2.22. The molecule has 0 bridgehead atoms. The molecule has 0 radical (unpaired) electrons. The number of aromatic nitrogens is 3. The molecule has 0 saturated carbocycles. The number of halogens is 3. The number of nitrogens with zero attached hydrogens (tertiary/aromatic N) is 3. The Morgan fingerprint density at radius 3 is 2.63 bits per heavy atom. The SMILES string of the molecule is CC(Sc1nnc(-c2ccccc2F)n1N)C(=O)Nc1cc(F)ccc1F. The maximum absolute atomic E-state index is 13.9. The van der Waals surface area contributed by atoms with Crippen molar-refractivity contribution in [3.05, 3.63) is 59.9 Å². The number of amides is 1. The van der Waals surface area contributed by atoms with Crippen molar-refractivity contribution < 1.29 is 18.0 Å². The van der Waals surface area contributed by atoms with Gasteiger partial charge in [0.15, 0.2) is 5.82 Å². The lowest BCUT2D eigenvalue weighted by Crippen LogP contribution is -2.24. The molecule has 0 fully saturated rings. The first-order chi connectivity index (χ1) is 12.9. The molecule has 6 nitrogen and oxygen atoms in total. The molecule has 0 aliphatic heterocycles. The molecular formula is C17H14F3N5OS. The van der Waals surface area contributed by atoms with Gasteiger partial charge in [-0.2, -0.15) is 0 Å². The van der Waals surface area contributed by atoms with Crippen LogP contribution in [0.25, 0.3) is 11.4 Å². The topological polar surface area (TPSA) is 85.8 Å². The zero-order valence-electron chi connectivity index (χ0n) is 14.0. The Morgan fingerprint density at radius 2 is 1.89 bits per heavy atom. The van der Waals surface area contributed by atoms with Gasteiger partial charge >= 0.3 is 0 Å². The second-order valence-electron chi connectivity index (χ2n) is 5.53. The van der Waals surface area contributed by atoms with Crippen LogP contribution >= 0.6 is 11.8 Å². The Hall–Kier alpha value is -3.01. The van der Waals surface area contributed by atoms with Gasteiger partial charge in [0.25, 0.3) is 0 Å². The van der Waals surface area contributed by atoms with Gasteiger partial charge in [-0.3, -0.25) is 4.79 Å². The molecular weight excluding hydrogens is 379 g/mol. The minimum atomic E-state index is -0.759. The summed E-state index contributed by atoms with van der Waals surface area (Å²) in [5.74, 6) is 3.48. The van der Waals surface area contributed by atoms with Crippen molar-refractivity contribution in [2.75, 3.05) is 11.2 Å². The smallest absolute Gasteiger partial charge is 0.237 e. The number of hydrogen-bond acceptors (Lipinski definition) is 5. The van der Waals surface area contributed by atoms with E-state index in [1.807, 2.05) is 0 Å². The predicted molar refractivity (Wildman–Crippen MR) is 95.9 cm³/mol. The summed E-state index contributed by atoms with van der Waals surface area (Å²) in [7, 11) is 0. The highest BCUT2D eigenvalue weighted by Crippen LogP contribution is 2.27. The quantitative estimate of drug-likeness (QED) is 0.514. The lowest BCUT2D eigenvalue weighted by Gasteiger charge is -2.12. The molecule has 0 aliphatic rings. The van der Waals surface area contributed by atoms with Crippen LogP contribution in [-0.4, -0.2) is 26.0 Å². The summed E-state index contributed by atoms with van der Waals surface area (Å²) < 4.78 is 41.8. The highest BCUT2D eigenvalue weighted by atomic mass is 32.2. The van der Waals surface area contributed by atoms with Gasteiger partial charge in [-0.1, -0.05) is 23.9 Å². The Kier molecular flexibility index (Phi) is 5.36. The van der Waals surface area contributed by atoms with Crippen molar-refractivity contribution in [2.24, 2.45) is 0 Å². The molecule has 3 aromatic rings. The van der Waals surface area contributed by atoms with Crippen molar-refractivity contribution in [1.82, 2.24) is 14.9 Å². The highest BCUT2D eigenvalue weighted by molar-refractivity contribution is 8.00. The maximum Gasteiger partial charge on any atom is 0.237 e. The second-order valence-corrected chi connectivity index (χ2v) is 6.84. The van der Waals surface area contributed by atoms with Gasteiger partial charge in [0, 0.05) is 6.07 Å². The number of carbonyl (C=O) groups excluding carboxylic acids is 1. The van der Waals surface area contributed by atoms with Crippen LogP contribution in [0.2, 0.25) is 0 Å². The van der Waals surface area contributed by atoms with Gasteiger partial charge in [0.2, 0.25) is 11.1 Å². The average molecular weight is 393 g/mol. The summed E-state index contributed by atoms with van der Waals surface area (Å²) in [5.41, 5.74) is -0.105. The van der Waals surface area contributed by atoms with E-state index in [-0.39, 0.29) is 22.2 Å². The Bertz CT molecular complexity index is 994. The number of benzene rings is 2. The summed E-state index contributed by atoms with van der Waals surface area (Å²) in [6.07, 6.45) is 0. The Morgan fingerprint density at radius 1 is 1.15 bits per heavy atom. The van der Waals surface area contributed by atoms with E-state index >= 15 is 0 Å². The Labute approximate surface area is 156 Å². The largest absolute Gasteiger partial charge is 0.335 e. The zero-order valence-corrected chi connectivity index (χ0v) is 14.8. The number of anilines is 1. The van der Waals surface area contributed by atoms with Crippen LogP contribution in [0.15, 0.2) is 47.6 Å². The van der Waals surface area contributed by atoms with Crippen molar-refractivity contribution in [2.45, 2.75) is 17.3 Å². The van der Waals surface area contributed by atoms with E-state index in [1.54, 1.807) is 6.07 Å². The highest BCUT2D eigenvalue weighted by Gasteiger charge is 2.22. The van der Waals surface area contributed by atoms with Crippen LogP contribution in [0.3, 0.4) is 0 Å². The van der Waals surface area contributed by atoms with Crippen LogP contribution in [0.1, 0.15) is 6.92 Å². The summed E-state index contributed by atoms with van der Waals surface area (Å²) in [6.45, 7) is 1.54. The first-order valence-corrected chi connectivity index (χ1v) is 8.62. The number of nitrogen functional groups attached to an aromatic ring is 1. The van der Waals surface area contributed by atoms with Crippen molar-refractivity contribution in [3.63, 3.8) is 0 Å². The molecule has 0 aliphatic carbocycles. The van der Waals surface area contributed by atoms with Gasteiger partial charge in [-0.25, -0.2) is 17.8 Å². The molecule has 1 heterocycles. The summed E-state index contributed by atoms with van der Waals surface area (Å²) in [4.78, 5) is 12.2. The fourth-order valence-corrected chi connectivity index (χ4v) is 2.99. The first kappa shape index (κ1) is 18.8. The van der Waals surface area contributed by atoms with E-state index in [1.165, 1.54) is 25.1 Å². The first-order valence-electron chi connectivity index (χ1n) is 7.74. The minimum absolute atomic E-state index is 0.0967. The van der Waals surface area contributed by atoms with Crippen molar-refractivity contribution >= 4 is 23.4 Å². The Balaban J connectivity index is 1.75. The number of nitrogens with one attached hydrogen (secondary N) is 1. The average Bonchev–Trinajstić information content (AvgIpc) is 2.99. The second kappa shape index (κ2) is 7.70. The van der Waals surface area contributed by atoms with Crippen molar-refractivity contribution in [3.8, 4) is 11.4 Å². The summed E-state index contributed by atoms with van der Waals surface area (Å²) in [5, 5.41) is 9.43. The third kappa shape index (κ3) is 4.05. The molecule has 1 amide bonds. The molecule has 0 spiro atoms. The lowest BCUT2D eigenvalue weighted by molar-refractivity contribution is -0.115. The van der Waals surface area contributed by atoms with E-state index in [4.69, 9.17) is 5.84 Å². The minimum Gasteiger partial charge on any atom is -0.335 e. The molecule has 27 heavy (non-hydrogen) atoms. The van der Waals surface area contributed by atoms with Crippen LogP contribution < -0.4 is 11.2 Å². The maximum atomic E-state index is 13.9. The third-order valence-corrected chi connectivity index (χ3v) is 4.67. The molecule has 1 atom stereocenters. The van der Waals surface area contributed by atoms with E-state index in [2.05, 4.69) is 15.5 Å². The van der Waals surface area contributed by atoms with Gasteiger partial charge in [-0.05, 0) is 31.2 Å². The van der Waals surface area contributed by atoms with Crippen LogP contribution in [0.4, 0.5) is 18.9 Å². The van der Waals surface area contributed by atoms with Crippen LogP contribution in [0, 0.1) is 17.5 Å². The molecule has 1 unspecified atom stereocenters. The summed E-state index contributed by atoms with van der Waals surface area (Å²) >= 11 is 0.943. The third-order valence-electron chi connectivity index (χ3n) is 3.62. The van der Waals surface area contributed by atoms with E-state index in [9.17, 15) is 18.0 Å². The zero-order chi connectivity index (χ0) is 19.6. The molecule has 3 N–H and O–H groups in total. The molecule has 1 aromatic heterocycles. The van der Waals surface area contributed by atoms with Crippen LogP contribution in [-0.2, 0) is 4.79 Å². The molecule has 10 heteroatoms. The van der Waals surface area contributed by atoms with E-state index in [0.717, 1.165) is 34.6 Å². The number of thioether (sulfide) groups is 1. The lowest BCUT2D eigenvalue weighted by atomic mass is 10.2. The van der Waals surface area contributed by atoms with Crippen LogP contribution in [0.5, 0.6) is 0 Å². The van der Waals surface area contributed by atoms with Gasteiger partial charge < -0.3 is 11.2 Å². The number of nitrogens with two attached hydrogens (primary N) is 1. The standard InChI is InChI=1S/C17H14F3N5OS/c1-9(16(26)22-14-8-10(18)6-7-13(14)20)27-17-24-23-15(25(17)21)11-4-2-3-5-12(11)19/h2-9H,21H2,1H3,(H,22,26). The van der Waals surface area contributed by atoms with Gasteiger partial charge in [-0.15, -0.1) is 10.2 Å². The molecule has 3 rings (SSSR count). The van der Waals surface area contributed by atoms with E-state index in [0.29, 0.717) is 0 Å². The summed E-state index contributed by atoms with van der Waals surface area (Å²) in [6, 6.07) is 8.67. The van der Waals surface area contributed by atoms with Gasteiger partial charge in [0.1, 0.15) is 17.5 Å². The number of hydrogen-bond donors (Lipinski definition) is 2. The predicted octanol–water partition coefficient (Wildman–Crippen LogP) is 3.20. The number of carbonyl (C=O) groups is 1. The van der Waals surface area contributed by atoms with E-state index < -0.39 is 28.6 Å². The molecule has 140 valence electrons. The molecule has 0 saturated heterocycles. The monoisotopic (exact) mass is 393 g/mol. The fraction of sp³-hybridized carbons (Fsp3) is 0.118.